The second kappa shape index (κ2) is 6.47. The van der Waals surface area contributed by atoms with Gasteiger partial charge in [0.1, 0.15) is 5.82 Å². The number of carbonyl (C=O) groups is 1. The van der Waals surface area contributed by atoms with Gasteiger partial charge in [0, 0.05) is 19.2 Å². The number of nitrogens with zero attached hydrogens (tertiary/aromatic N) is 3. The van der Waals surface area contributed by atoms with Gasteiger partial charge in [-0.05, 0) is 25.7 Å². The minimum Gasteiger partial charge on any atom is -0.391 e. The lowest BCUT2D eigenvalue weighted by Crippen LogP contribution is -2.44. The van der Waals surface area contributed by atoms with Gasteiger partial charge in [0.05, 0.1) is 18.3 Å². The van der Waals surface area contributed by atoms with Gasteiger partial charge in [0.2, 0.25) is 0 Å². The summed E-state index contributed by atoms with van der Waals surface area (Å²) in [6.45, 7) is 1.13. The van der Waals surface area contributed by atoms with Gasteiger partial charge in [-0.25, -0.2) is 9.48 Å². The molecule has 1 atom stereocenters. The molecule has 2 amide bonds. The van der Waals surface area contributed by atoms with Gasteiger partial charge < -0.3 is 10.0 Å². The van der Waals surface area contributed by atoms with Crippen molar-refractivity contribution < 1.29 is 9.90 Å². The Kier molecular flexibility index (Phi) is 4.43. The van der Waals surface area contributed by atoms with Crippen LogP contribution in [0.5, 0.6) is 0 Å². The number of aromatic nitrogens is 2. The average molecular weight is 292 g/mol. The SMILES string of the molecule is O=C(Nc1ccnn1C1CCCCC1)N1CCCC(O)C1. The zero-order valence-corrected chi connectivity index (χ0v) is 12.4. The van der Waals surface area contributed by atoms with Gasteiger partial charge in [-0.1, -0.05) is 19.3 Å². The van der Waals surface area contributed by atoms with Crippen molar-refractivity contribution in [2.24, 2.45) is 0 Å². The van der Waals surface area contributed by atoms with Crippen molar-refractivity contribution in [3.8, 4) is 0 Å². The summed E-state index contributed by atoms with van der Waals surface area (Å²) in [7, 11) is 0. The monoisotopic (exact) mass is 292 g/mol. The fourth-order valence-electron chi connectivity index (χ4n) is 3.36. The Morgan fingerprint density at radius 3 is 2.81 bits per heavy atom. The highest BCUT2D eigenvalue weighted by Gasteiger charge is 2.24. The lowest BCUT2D eigenvalue weighted by Gasteiger charge is -2.30. The zero-order valence-electron chi connectivity index (χ0n) is 12.4. The van der Waals surface area contributed by atoms with Crippen molar-refractivity contribution in [1.82, 2.24) is 14.7 Å². The van der Waals surface area contributed by atoms with Gasteiger partial charge in [0.25, 0.3) is 0 Å². The number of likely N-dealkylation sites (tertiary alicyclic amines) is 1. The molecule has 6 heteroatoms. The number of aliphatic hydroxyl groups excluding tert-OH is 1. The van der Waals surface area contributed by atoms with Crippen molar-refractivity contribution in [2.75, 3.05) is 18.4 Å². The number of anilines is 1. The molecule has 2 heterocycles. The second-order valence-electron chi connectivity index (χ2n) is 6.13. The Labute approximate surface area is 125 Å². The molecule has 1 aromatic heterocycles. The first-order chi connectivity index (χ1) is 10.2. The van der Waals surface area contributed by atoms with Crippen LogP contribution in [0, 0.1) is 0 Å². The summed E-state index contributed by atoms with van der Waals surface area (Å²) in [5.41, 5.74) is 0. The molecule has 1 saturated carbocycles. The summed E-state index contributed by atoms with van der Waals surface area (Å²) in [6.07, 6.45) is 9.01. The summed E-state index contributed by atoms with van der Waals surface area (Å²) in [6, 6.07) is 2.12. The molecular weight excluding hydrogens is 268 g/mol. The summed E-state index contributed by atoms with van der Waals surface area (Å²) in [5.74, 6) is 0.770. The predicted molar refractivity (Wildman–Crippen MR) is 80.2 cm³/mol. The van der Waals surface area contributed by atoms with Gasteiger partial charge in [-0.15, -0.1) is 0 Å². The number of aliphatic hydroxyl groups is 1. The van der Waals surface area contributed by atoms with E-state index in [1.54, 1.807) is 11.1 Å². The molecule has 0 spiro atoms. The van der Waals surface area contributed by atoms with Crippen molar-refractivity contribution in [3.05, 3.63) is 12.3 Å². The molecule has 3 rings (SSSR count). The lowest BCUT2D eigenvalue weighted by atomic mass is 9.96. The molecule has 1 aliphatic carbocycles. The number of amides is 2. The minimum atomic E-state index is -0.396. The molecule has 0 aromatic carbocycles. The number of urea groups is 1. The van der Waals surface area contributed by atoms with Crippen LogP contribution >= 0.6 is 0 Å². The molecule has 2 N–H and O–H groups in total. The molecule has 0 radical (unpaired) electrons. The summed E-state index contributed by atoms with van der Waals surface area (Å²) in [5, 5.41) is 17.0. The second-order valence-corrected chi connectivity index (χ2v) is 6.13. The van der Waals surface area contributed by atoms with E-state index < -0.39 is 6.10 Å². The van der Waals surface area contributed by atoms with E-state index in [2.05, 4.69) is 10.4 Å². The number of piperidine rings is 1. The molecule has 1 saturated heterocycles. The standard InChI is InChI=1S/C15H24N4O2/c20-13-7-4-10-18(11-13)15(21)17-14-8-9-16-19(14)12-5-2-1-3-6-12/h8-9,12-13,20H,1-7,10-11H2,(H,17,21). The maximum Gasteiger partial charge on any atom is 0.323 e. The van der Waals surface area contributed by atoms with Gasteiger partial charge >= 0.3 is 6.03 Å². The first kappa shape index (κ1) is 14.4. The highest BCUT2D eigenvalue weighted by molar-refractivity contribution is 5.88. The number of rotatable bonds is 2. The maximum atomic E-state index is 12.3. The van der Waals surface area contributed by atoms with Crippen LogP contribution in [0.2, 0.25) is 0 Å². The van der Waals surface area contributed by atoms with E-state index in [1.807, 2.05) is 10.7 Å². The Bertz CT molecular complexity index is 482. The molecule has 1 aromatic rings. The number of carbonyl (C=O) groups excluding carboxylic acids is 1. The average Bonchev–Trinajstić information content (AvgIpc) is 2.96. The molecular formula is C15H24N4O2. The Morgan fingerprint density at radius 2 is 2.05 bits per heavy atom. The summed E-state index contributed by atoms with van der Waals surface area (Å²) < 4.78 is 1.96. The van der Waals surface area contributed by atoms with Crippen molar-refractivity contribution >= 4 is 11.8 Å². The van der Waals surface area contributed by atoms with E-state index in [0.717, 1.165) is 31.5 Å². The van der Waals surface area contributed by atoms with Crippen LogP contribution in [-0.2, 0) is 0 Å². The molecule has 21 heavy (non-hydrogen) atoms. The van der Waals surface area contributed by atoms with Crippen LogP contribution in [-0.4, -0.2) is 45.0 Å². The Balaban J connectivity index is 1.64. The van der Waals surface area contributed by atoms with E-state index in [0.29, 0.717) is 19.1 Å². The largest absolute Gasteiger partial charge is 0.391 e. The van der Waals surface area contributed by atoms with Gasteiger partial charge in [-0.3, -0.25) is 5.32 Å². The minimum absolute atomic E-state index is 0.133. The summed E-state index contributed by atoms with van der Waals surface area (Å²) >= 11 is 0. The van der Waals surface area contributed by atoms with E-state index in [-0.39, 0.29) is 6.03 Å². The molecule has 1 unspecified atom stereocenters. The fourth-order valence-corrected chi connectivity index (χ4v) is 3.36. The highest BCUT2D eigenvalue weighted by atomic mass is 16.3. The van der Waals surface area contributed by atoms with E-state index in [9.17, 15) is 9.90 Å². The Hall–Kier alpha value is -1.56. The van der Waals surface area contributed by atoms with Crippen molar-refractivity contribution in [2.45, 2.75) is 57.1 Å². The molecule has 2 fully saturated rings. The van der Waals surface area contributed by atoms with Crippen molar-refractivity contribution in [1.29, 1.82) is 0 Å². The predicted octanol–water partition coefficient (Wildman–Crippen LogP) is 2.38. The maximum absolute atomic E-state index is 12.3. The smallest absolute Gasteiger partial charge is 0.323 e. The van der Waals surface area contributed by atoms with E-state index >= 15 is 0 Å². The number of hydrogen-bond acceptors (Lipinski definition) is 3. The quantitative estimate of drug-likeness (QED) is 0.879. The van der Waals surface area contributed by atoms with Crippen LogP contribution in [0.15, 0.2) is 12.3 Å². The zero-order chi connectivity index (χ0) is 14.7. The van der Waals surface area contributed by atoms with Crippen LogP contribution in [0.4, 0.5) is 10.6 Å². The summed E-state index contributed by atoms with van der Waals surface area (Å²) in [4.78, 5) is 14.0. The van der Waals surface area contributed by atoms with E-state index in [4.69, 9.17) is 0 Å². The van der Waals surface area contributed by atoms with Crippen LogP contribution in [0.3, 0.4) is 0 Å². The van der Waals surface area contributed by atoms with Crippen molar-refractivity contribution in [3.63, 3.8) is 0 Å². The molecule has 0 bridgehead atoms. The third kappa shape index (κ3) is 3.37. The number of hydrogen-bond donors (Lipinski definition) is 2. The topological polar surface area (TPSA) is 70.4 Å². The highest BCUT2D eigenvalue weighted by Crippen LogP contribution is 2.30. The molecule has 116 valence electrons. The normalized spacial score (nSPS) is 24.0. The number of β-amino-alcohol motifs (C(OH)–C–C–N with tert-alkyl or cyclic N) is 1. The van der Waals surface area contributed by atoms with Crippen LogP contribution in [0.1, 0.15) is 51.0 Å². The number of nitrogens with one attached hydrogen (secondary N) is 1. The molecule has 2 aliphatic rings. The first-order valence-corrected chi connectivity index (χ1v) is 8.01. The van der Waals surface area contributed by atoms with Crippen LogP contribution < -0.4 is 5.32 Å². The van der Waals surface area contributed by atoms with Crippen LogP contribution in [0.25, 0.3) is 0 Å². The lowest BCUT2D eigenvalue weighted by molar-refractivity contribution is 0.0882. The third-order valence-electron chi connectivity index (χ3n) is 4.51. The van der Waals surface area contributed by atoms with Gasteiger partial charge in [0.15, 0.2) is 0 Å². The van der Waals surface area contributed by atoms with E-state index in [1.165, 1.54) is 19.3 Å². The first-order valence-electron chi connectivity index (χ1n) is 8.01. The molecule has 1 aliphatic heterocycles. The third-order valence-corrected chi connectivity index (χ3v) is 4.51. The Morgan fingerprint density at radius 1 is 1.24 bits per heavy atom. The molecule has 6 nitrogen and oxygen atoms in total. The fraction of sp³-hybridized carbons (Fsp3) is 0.733. The van der Waals surface area contributed by atoms with Gasteiger partial charge in [-0.2, -0.15) is 5.10 Å².